The molecule has 0 saturated heterocycles. The molecule has 12 heavy (non-hydrogen) atoms. The van der Waals surface area contributed by atoms with Gasteiger partial charge in [-0.05, 0) is 0 Å². The third-order valence-electron chi connectivity index (χ3n) is 0.841. The Balaban J connectivity index is 3.35. The van der Waals surface area contributed by atoms with Gasteiger partial charge in [-0.2, -0.15) is 0 Å². The maximum absolute atomic E-state index is 5.55. The Morgan fingerprint density at radius 2 is 1.75 bits per heavy atom. The van der Waals surface area contributed by atoms with Gasteiger partial charge >= 0.3 is 97.8 Å². The quantitative estimate of drug-likeness (QED) is 0.451. The van der Waals surface area contributed by atoms with Crippen LogP contribution in [0.25, 0.3) is 0 Å². The van der Waals surface area contributed by atoms with Gasteiger partial charge in [-0.25, -0.2) is 0 Å². The molecular formula is C5H11Cl3O2SiZn. The SMILES string of the molecule is C[Si](C)(C)[O][Zn][O]CC(Cl)(Cl)Cl. The third-order valence-corrected chi connectivity index (χ3v) is 9.12. The van der Waals surface area contributed by atoms with E-state index in [1.165, 1.54) is 0 Å². The fourth-order valence-electron chi connectivity index (χ4n) is 0.376. The zero-order chi connectivity index (χ0) is 9.83. The van der Waals surface area contributed by atoms with Crippen molar-refractivity contribution in [3.8, 4) is 0 Å². The van der Waals surface area contributed by atoms with Gasteiger partial charge in [-0.15, -0.1) is 0 Å². The Hall–Kier alpha value is 1.63. The van der Waals surface area contributed by atoms with Crippen molar-refractivity contribution in [1.29, 1.82) is 0 Å². The van der Waals surface area contributed by atoms with Crippen LogP contribution in [0.5, 0.6) is 0 Å². The van der Waals surface area contributed by atoms with Crippen LogP contribution in [0.4, 0.5) is 0 Å². The summed E-state index contributed by atoms with van der Waals surface area (Å²) in [6.45, 7) is 6.47. The van der Waals surface area contributed by atoms with Crippen molar-refractivity contribution in [2.24, 2.45) is 0 Å². The molecule has 0 amide bonds. The second kappa shape index (κ2) is 5.50. The summed E-state index contributed by atoms with van der Waals surface area (Å²) in [7, 11) is -1.42. The van der Waals surface area contributed by atoms with E-state index < -0.39 is 30.0 Å². The molecule has 0 aromatic carbocycles. The topological polar surface area (TPSA) is 18.5 Å². The van der Waals surface area contributed by atoms with E-state index in [4.69, 9.17) is 41.6 Å². The molecule has 2 nitrogen and oxygen atoms in total. The minimum absolute atomic E-state index is 0.141. The molecule has 0 radical (unpaired) electrons. The third kappa shape index (κ3) is 11.6. The average molecular weight is 303 g/mol. The van der Waals surface area contributed by atoms with E-state index in [0.29, 0.717) is 0 Å². The first kappa shape index (κ1) is 13.6. The van der Waals surface area contributed by atoms with Crippen molar-refractivity contribution in [2.75, 3.05) is 6.61 Å². The summed E-state index contributed by atoms with van der Waals surface area (Å²) in [5.41, 5.74) is 0. The average Bonchev–Trinajstić information content (AvgIpc) is 1.76. The van der Waals surface area contributed by atoms with E-state index in [-0.39, 0.29) is 6.61 Å². The van der Waals surface area contributed by atoms with Crippen LogP contribution in [0, 0.1) is 0 Å². The Morgan fingerprint density at radius 3 is 2.08 bits per heavy atom. The molecule has 0 spiro atoms. The number of rotatable bonds is 4. The van der Waals surface area contributed by atoms with Gasteiger partial charge in [0.1, 0.15) is 0 Å². The number of alkyl halides is 3. The Labute approximate surface area is 97.4 Å². The molecule has 0 N–H and O–H groups in total. The van der Waals surface area contributed by atoms with Gasteiger partial charge in [0, 0.05) is 0 Å². The summed E-state index contributed by atoms with van der Waals surface area (Å²) in [4.78, 5) is 0. The first-order valence-corrected chi connectivity index (χ1v) is 10.5. The first-order valence-electron chi connectivity index (χ1n) is 3.49. The minimum atomic E-state index is -1.42. The van der Waals surface area contributed by atoms with Crippen molar-refractivity contribution < 1.29 is 24.7 Å². The van der Waals surface area contributed by atoms with Crippen LogP contribution in [0.15, 0.2) is 0 Å². The van der Waals surface area contributed by atoms with Crippen LogP contribution in [-0.2, 0) is 24.7 Å². The Kier molecular flexibility index (Phi) is 6.24. The maximum atomic E-state index is 5.55. The molecule has 70 valence electrons. The van der Waals surface area contributed by atoms with Crippen molar-refractivity contribution in [3.05, 3.63) is 0 Å². The van der Waals surface area contributed by atoms with Gasteiger partial charge in [0.15, 0.2) is 0 Å². The van der Waals surface area contributed by atoms with Crippen molar-refractivity contribution in [2.45, 2.75) is 23.4 Å². The van der Waals surface area contributed by atoms with E-state index in [2.05, 4.69) is 19.6 Å². The molecule has 0 aliphatic rings. The number of hydrogen-bond donors (Lipinski definition) is 0. The first-order chi connectivity index (χ1) is 5.21. The predicted molar refractivity (Wildman–Crippen MR) is 50.7 cm³/mol. The van der Waals surface area contributed by atoms with Gasteiger partial charge in [0.05, 0.1) is 0 Å². The fraction of sp³-hybridized carbons (Fsp3) is 1.00. The normalized spacial score (nSPS) is 12.8. The van der Waals surface area contributed by atoms with E-state index >= 15 is 0 Å². The second-order valence-electron chi connectivity index (χ2n) is 3.34. The summed E-state index contributed by atoms with van der Waals surface area (Å²) < 4.78 is 9.43. The van der Waals surface area contributed by atoms with Gasteiger partial charge < -0.3 is 0 Å². The van der Waals surface area contributed by atoms with Crippen LogP contribution < -0.4 is 0 Å². The molecule has 0 aliphatic carbocycles. The molecule has 0 fully saturated rings. The zero-order valence-electron chi connectivity index (χ0n) is 7.36. The van der Waals surface area contributed by atoms with Crippen LogP contribution in [0.3, 0.4) is 0 Å². The van der Waals surface area contributed by atoms with Gasteiger partial charge in [-0.1, -0.05) is 0 Å². The molecule has 0 bridgehead atoms. The molecular weight excluding hydrogens is 292 g/mol. The molecule has 0 unspecified atom stereocenters. The fourth-order valence-corrected chi connectivity index (χ4v) is 5.43. The number of halogens is 3. The van der Waals surface area contributed by atoms with E-state index in [1.807, 2.05) is 0 Å². The summed E-state index contributed by atoms with van der Waals surface area (Å²) in [5.74, 6) is 0. The van der Waals surface area contributed by atoms with Crippen molar-refractivity contribution >= 4 is 43.1 Å². The van der Waals surface area contributed by atoms with Gasteiger partial charge in [0.25, 0.3) is 0 Å². The molecule has 0 atom stereocenters. The van der Waals surface area contributed by atoms with E-state index in [0.717, 1.165) is 0 Å². The summed E-state index contributed by atoms with van der Waals surface area (Å²) in [5, 5.41) is 0. The summed E-state index contributed by atoms with van der Waals surface area (Å²) >= 11 is 15.1. The van der Waals surface area contributed by atoms with Crippen LogP contribution in [-0.4, -0.2) is 18.7 Å². The molecule has 0 aromatic rings. The summed E-state index contributed by atoms with van der Waals surface area (Å²) in [6, 6.07) is 0. The molecule has 0 aromatic heterocycles. The molecule has 0 aliphatic heterocycles. The van der Waals surface area contributed by atoms with Crippen LogP contribution in [0.1, 0.15) is 0 Å². The molecule has 0 saturated carbocycles. The van der Waals surface area contributed by atoms with Gasteiger partial charge in [0.2, 0.25) is 0 Å². The molecule has 0 heterocycles. The summed E-state index contributed by atoms with van der Waals surface area (Å²) in [6.07, 6.45) is 0. The number of hydrogen-bond acceptors (Lipinski definition) is 2. The van der Waals surface area contributed by atoms with Crippen LogP contribution in [0.2, 0.25) is 19.6 Å². The van der Waals surface area contributed by atoms with E-state index in [1.54, 1.807) is 0 Å². The standard InChI is InChI=1S/C3H9OSi.C2H2Cl3O.Zn/c1-5(2,3)4;3-2(4,5)1-6;/h1-3H3;1H2;/q2*-1;+2. The zero-order valence-corrected chi connectivity index (χ0v) is 13.6. The van der Waals surface area contributed by atoms with Crippen molar-refractivity contribution in [1.82, 2.24) is 0 Å². The Bertz CT molecular complexity index is 118. The van der Waals surface area contributed by atoms with Crippen LogP contribution >= 0.6 is 34.8 Å². The monoisotopic (exact) mass is 300 g/mol. The van der Waals surface area contributed by atoms with E-state index in [9.17, 15) is 0 Å². The Morgan fingerprint density at radius 1 is 1.25 bits per heavy atom. The molecule has 7 heteroatoms. The second-order valence-corrected chi connectivity index (χ2v) is 13.5. The van der Waals surface area contributed by atoms with Gasteiger partial charge in [-0.3, -0.25) is 0 Å². The molecule has 0 rings (SSSR count). The van der Waals surface area contributed by atoms with Crippen molar-refractivity contribution in [3.63, 3.8) is 0 Å². The predicted octanol–water partition coefficient (Wildman–Crippen LogP) is 3.14.